The van der Waals surface area contributed by atoms with E-state index in [9.17, 15) is 4.79 Å². The molecule has 0 saturated carbocycles. The summed E-state index contributed by atoms with van der Waals surface area (Å²) < 4.78 is 0. The molecule has 0 unspecified atom stereocenters. The number of anilines is 2. The average Bonchev–Trinajstić information content (AvgIpc) is 2.88. The molecule has 1 aromatic heterocycles. The fourth-order valence-electron chi connectivity index (χ4n) is 1.57. The van der Waals surface area contributed by atoms with Gasteiger partial charge in [-0.1, -0.05) is 17.8 Å². The number of hydrogen-bond donors (Lipinski definition) is 3. The summed E-state index contributed by atoms with van der Waals surface area (Å²) in [5.74, 6) is 0.661. The van der Waals surface area contributed by atoms with Crippen LogP contribution in [0.2, 0.25) is 0 Å². The number of aromatic amines is 1. The van der Waals surface area contributed by atoms with Crippen molar-refractivity contribution in [3.8, 4) is 0 Å². The van der Waals surface area contributed by atoms with Crippen molar-refractivity contribution in [3.63, 3.8) is 0 Å². The van der Waals surface area contributed by atoms with Crippen molar-refractivity contribution in [1.82, 2.24) is 9.97 Å². The fraction of sp³-hybridized carbons (Fsp3) is 0.231. The molecule has 6 heteroatoms. The van der Waals surface area contributed by atoms with Crippen LogP contribution < -0.4 is 11.1 Å². The van der Waals surface area contributed by atoms with Crippen LogP contribution in [0, 0.1) is 6.92 Å². The van der Waals surface area contributed by atoms with Crippen LogP contribution >= 0.6 is 11.8 Å². The molecule has 0 atom stereocenters. The van der Waals surface area contributed by atoms with Gasteiger partial charge in [0.1, 0.15) is 0 Å². The van der Waals surface area contributed by atoms with E-state index in [1.165, 1.54) is 11.8 Å². The van der Waals surface area contributed by atoms with E-state index in [4.69, 9.17) is 5.73 Å². The van der Waals surface area contributed by atoms with Crippen LogP contribution in [-0.2, 0) is 4.79 Å². The average molecular weight is 276 g/mol. The number of rotatable bonds is 5. The molecule has 0 saturated heterocycles. The molecule has 0 aliphatic carbocycles. The van der Waals surface area contributed by atoms with Gasteiger partial charge in [0.2, 0.25) is 5.91 Å². The molecule has 1 aromatic carbocycles. The molecule has 19 heavy (non-hydrogen) atoms. The van der Waals surface area contributed by atoms with Crippen LogP contribution in [0.25, 0.3) is 0 Å². The van der Waals surface area contributed by atoms with Gasteiger partial charge >= 0.3 is 0 Å². The molecule has 0 bridgehead atoms. The second-order valence-electron chi connectivity index (χ2n) is 4.06. The van der Waals surface area contributed by atoms with Crippen molar-refractivity contribution in [1.29, 1.82) is 0 Å². The zero-order valence-corrected chi connectivity index (χ0v) is 11.5. The smallest absolute Gasteiger partial charge is 0.225 e. The zero-order valence-electron chi connectivity index (χ0n) is 10.6. The number of carbonyl (C=O) groups is 1. The van der Waals surface area contributed by atoms with Gasteiger partial charge in [-0.2, -0.15) is 0 Å². The normalized spacial score (nSPS) is 10.4. The van der Waals surface area contributed by atoms with Gasteiger partial charge in [0, 0.05) is 35.9 Å². The molecule has 1 heterocycles. The maximum atomic E-state index is 11.8. The number of hydrogen-bond acceptors (Lipinski definition) is 4. The zero-order chi connectivity index (χ0) is 13.7. The van der Waals surface area contributed by atoms with E-state index in [-0.39, 0.29) is 5.91 Å². The molecule has 0 aliphatic rings. The van der Waals surface area contributed by atoms with Crippen LogP contribution in [0.5, 0.6) is 0 Å². The highest BCUT2D eigenvalue weighted by atomic mass is 32.2. The Balaban J connectivity index is 1.82. The van der Waals surface area contributed by atoms with E-state index < -0.39 is 0 Å². The summed E-state index contributed by atoms with van der Waals surface area (Å²) in [6.07, 6.45) is 3.89. The first-order valence-electron chi connectivity index (χ1n) is 5.94. The van der Waals surface area contributed by atoms with Gasteiger partial charge in [0.15, 0.2) is 5.16 Å². The summed E-state index contributed by atoms with van der Waals surface area (Å²) in [5, 5.41) is 3.70. The molecule has 5 nitrogen and oxygen atoms in total. The van der Waals surface area contributed by atoms with Crippen LogP contribution in [-0.4, -0.2) is 21.6 Å². The third kappa shape index (κ3) is 3.75. The lowest BCUT2D eigenvalue weighted by Gasteiger charge is -2.09. The molecule has 2 aromatic rings. The Hall–Kier alpha value is -1.95. The number of carbonyl (C=O) groups excluding carboxylic acids is 1. The first kappa shape index (κ1) is 13.5. The third-order valence-electron chi connectivity index (χ3n) is 2.69. The molecule has 1 amide bonds. The van der Waals surface area contributed by atoms with E-state index in [1.54, 1.807) is 12.4 Å². The minimum atomic E-state index is -0.0206. The second-order valence-corrected chi connectivity index (χ2v) is 5.14. The number of amides is 1. The molecule has 0 aliphatic heterocycles. The number of nitrogens with one attached hydrogen (secondary N) is 2. The molecule has 0 fully saturated rings. The van der Waals surface area contributed by atoms with Crippen molar-refractivity contribution in [2.24, 2.45) is 0 Å². The van der Waals surface area contributed by atoms with Crippen LogP contribution in [0.3, 0.4) is 0 Å². The lowest BCUT2D eigenvalue weighted by atomic mass is 10.1. The first-order valence-corrected chi connectivity index (χ1v) is 6.92. The molecular weight excluding hydrogens is 260 g/mol. The molecule has 4 N–H and O–H groups in total. The highest BCUT2D eigenvalue weighted by Gasteiger charge is 2.06. The maximum absolute atomic E-state index is 11.8. The second kappa shape index (κ2) is 6.29. The summed E-state index contributed by atoms with van der Waals surface area (Å²) in [4.78, 5) is 18.9. The number of H-pyrrole nitrogens is 1. The summed E-state index contributed by atoms with van der Waals surface area (Å²) in [5.41, 5.74) is 8.14. The summed E-state index contributed by atoms with van der Waals surface area (Å²) >= 11 is 1.52. The Bertz CT molecular complexity index is 554. The van der Waals surface area contributed by atoms with Gasteiger partial charge in [-0.25, -0.2) is 4.98 Å². The van der Waals surface area contributed by atoms with Gasteiger partial charge in [0.05, 0.1) is 0 Å². The number of nitrogens with zero attached hydrogens (tertiary/aromatic N) is 1. The molecule has 0 spiro atoms. The largest absolute Gasteiger partial charge is 0.398 e. The Morgan fingerprint density at radius 1 is 1.53 bits per heavy atom. The van der Waals surface area contributed by atoms with Crippen molar-refractivity contribution in [2.45, 2.75) is 18.5 Å². The molecule has 100 valence electrons. The Kier molecular flexibility index (Phi) is 4.46. The molecule has 2 rings (SSSR count). The number of thioether (sulfide) groups is 1. The maximum Gasteiger partial charge on any atom is 0.225 e. The quantitative estimate of drug-likeness (QED) is 0.578. The number of benzene rings is 1. The molecular formula is C13H16N4OS. The third-order valence-corrected chi connectivity index (χ3v) is 3.60. The van der Waals surface area contributed by atoms with Crippen LogP contribution in [0.4, 0.5) is 11.4 Å². The highest BCUT2D eigenvalue weighted by Crippen LogP contribution is 2.21. The highest BCUT2D eigenvalue weighted by molar-refractivity contribution is 7.99. The lowest BCUT2D eigenvalue weighted by Crippen LogP contribution is -2.13. The minimum absolute atomic E-state index is 0.0206. The SMILES string of the molecule is Cc1c(N)cccc1NC(=O)CCSc1ncc[nH]1. The summed E-state index contributed by atoms with van der Waals surface area (Å²) in [6, 6.07) is 5.50. The Morgan fingerprint density at radius 2 is 2.37 bits per heavy atom. The predicted molar refractivity (Wildman–Crippen MR) is 78.1 cm³/mol. The Morgan fingerprint density at radius 3 is 3.11 bits per heavy atom. The summed E-state index contributed by atoms with van der Waals surface area (Å²) in [6.45, 7) is 1.89. The van der Waals surface area contributed by atoms with Crippen LogP contribution in [0.1, 0.15) is 12.0 Å². The molecule has 0 radical (unpaired) electrons. The van der Waals surface area contributed by atoms with E-state index in [0.717, 1.165) is 16.4 Å². The van der Waals surface area contributed by atoms with E-state index >= 15 is 0 Å². The monoisotopic (exact) mass is 276 g/mol. The van der Waals surface area contributed by atoms with Gasteiger partial charge in [0.25, 0.3) is 0 Å². The number of nitrogen functional groups attached to an aromatic ring is 1. The Labute approximate surface area is 116 Å². The van der Waals surface area contributed by atoms with Crippen molar-refractivity contribution in [3.05, 3.63) is 36.2 Å². The topological polar surface area (TPSA) is 83.8 Å². The van der Waals surface area contributed by atoms with Gasteiger partial charge in [-0.3, -0.25) is 4.79 Å². The van der Waals surface area contributed by atoms with E-state index in [2.05, 4.69) is 15.3 Å². The van der Waals surface area contributed by atoms with Crippen molar-refractivity contribution < 1.29 is 4.79 Å². The van der Waals surface area contributed by atoms with Gasteiger partial charge in [-0.05, 0) is 24.6 Å². The van der Waals surface area contributed by atoms with Gasteiger partial charge < -0.3 is 16.0 Å². The number of nitrogens with two attached hydrogens (primary N) is 1. The van der Waals surface area contributed by atoms with Crippen molar-refractivity contribution in [2.75, 3.05) is 16.8 Å². The number of aromatic nitrogens is 2. The first-order chi connectivity index (χ1) is 9.16. The number of imidazole rings is 1. The van der Waals surface area contributed by atoms with Gasteiger partial charge in [-0.15, -0.1) is 0 Å². The van der Waals surface area contributed by atoms with E-state index in [1.807, 2.05) is 25.1 Å². The lowest BCUT2D eigenvalue weighted by molar-refractivity contribution is -0.115. The fourth-order valence-corrected chi connectivity index (χ4v) is 2.34. The predicted octanol–water partition coefficient (Wildman–Crippen LogP) is 2.42. The van der Waals surface area contributed by atoms with E-state index in [0.29, 0.717) is 17.9 Å². The summed E-state index contributed by atoms with van der Waals surface area (Å²) in [7, 11) is 0. The van der Waals surface area contributed by atoms with Crippen molar-refractivity contribution >= 4 is 29.0 Å². The van der Waals surface area contributed by atoms with Crippen LogP contribution in [0.15, 0.2) is 35.7 Å². The minimum Gasteiger partial charge on any atom is -0.398 e. The standard InChI is InChI=1S/C13H16N4OS/c1-9-10(14)3-2-4-11(9)17-12(18)5-8-19-13-15-6-7-16-13/h2-4,6-7H,5,8,14H2,1H3,(H,15,16)(H,17,18).